The molecule has 18 heavy (non-hydrogen) atoms. The van der Waals surface area contributed by atoms with Gasteiger partial charge in [-0.2, -0.15) is 0 Å². The van der Waals surface area contributed by atoms with Crippen LogP contribution in [-0.4, -0.2) is 0 Å². The second kappa shape index (κ2) is 5.76. The van der Waals surface area contributed by atoms with Crippen molar-refractivity contribution < 1.29 is 4.39 Å². The minimum Gasteiger partial charge on any atom is -0.399 e. The number of nitrogens with two attached hydrogens (primary N) is 1. The van der Waals surface area contributed by atoms with E-state index in [-0.39, 0.29) is 5.82 Å². The number of nitrogen functional groups attached to an aromatic ring is 1. The van der Waals surface area contributed by atoms with E-state index < -0.39 is 0 Å². The molecule has 0 aliphatic heterocycles. The zero-order valence-electron chi connectivity index (χ0n) is 9.91. The fourth-order valence-corrected chi connectivity index (χ4v) is 3.32. The van der Waals surface area contributed by atoms with Crippen LogP contribution in [0.4, 0.5) is 10.1 Å². The first-order valence-corrected chi connectivity index (χ1v) is 7.27. The van der Waals surface area contributed by atoms with Crippen LogP contribution in [0.5, 0.6) is 0 Å². The van der Waals surface area contributed by atoms with Gasteiger partial charge in [-0.1, -0.05) is 28.1 Å². The lowest BCUT2D eigenvalue weighted by atomic mass is 10.2. The van der Waals surface area contributed by atoms with Crippen molar-refractivity contribution in [3.05, 3.63) is 57.8 Å². The molecule has 0 saturated carbocycles. The summed E-state index contributed by atoms with van der Waals surface area (Å²) in [5.74, 6) is 0.557. The Balaban J connectivity index is 2.13. The number of thioether (sulfide) groups is 1. The molecule has 0 aliphatic rings. The minimum atomic E-state index is -0.226. The summed E-state index contributed by atoms with van der Waals surface area (Å²) in [6, 6.07) is 10.6. The van der Waals surface area contributed by atoms with Gasteiger partial charge in [0.25, 0.3) is 0 Å². The van der Waals surface area contributed by atoms with Gasteiger partial charge in [-0.15, -0.1) is 11.8 Å². The molecule has 94 valence electrons. The minimum absolute atomic E-state index is 0.226. The van der Waals surface area contributed by atoms with Crippen LogP contribution in [0, 0.1) is 12.7 Å². The number of hydrogen-bond donors (Lipinski definition) is 1. The first kappa shape index (κ1) is 13.4. The molecule has 0 heterocycles. The van der Waals surface area contributed by atoms with Crippen LogP contribution in [0.25, 0.3) is 0 Å². The van der Waals surface area contributed by atoms with Gasteiger partial charge in [0.15, 0.2) is 0 Å². The maximum atomic E-state index is 13.0. The Bertz CT molecular complexity index is 572. The molecule has 0 amide bonds. The van der Waals surface area contributed by atoms with E-state index in [1.165, 1.54) is 17.7 Å². The van der Waals surface area contributed by atoms with Crippen LogP contribution in [-0.2, 0) is 5.75 Å². The lowest BCUT2D eigenvalue weighted by molar-refractivity contribution is 0.626. The highest BCUT2D eigenvalue weighted by atomic mass is 79.9. The molecule has 2 N–H and O–H groups in total. The smallest absolute Gasteiger partial charge is 0.124 e. The standard InChI is InChI=1S/C14H13BrFNS/c1-9-2-5-12(17)7-14(9)18-8-10-3-4-11(16)6-13(10)15/h2-7H,8,17H2,1H3. The molecule has 0 radical (unpaired) electrons. The van der Waals surface area contributed by atoms with E-state index in [1.54, 1.807) is 17.8 Å². The average molecular weight is 326 g/mol. The van der Waals surface area contributed by atoms with Gasteiger partial charge >= 0.3 is 0 Å². The molecular weight excluding hydrogens is 313 g/mol. The van der Waals surface area contributed by atoms with E-state index in [0.717, 1.165) is 26.4 Å². The largest absolute Gasteiger partial charge is 0.399 e. The number of rotatable bonds is 3. The number of aryl methyl sites for hydroxylation is 1. The molecule has 0 aromatic heterocycles. The average Bonchev–Trinajstić information content (AvgIpc) is 2.32. The van der Waals surface area contributed by atoms with Gasteiger partial charge in [-0.05, 0) is 42.3 Å². The summed E-state index contributed by atoms with van der Waals surface area (Å²) in [5.41, 5.74) is 8.81. The van der Waals surface area contributed by atoms with Gasteiger partial charge in [-0.3, -0.25) is 0 Å². The monoisotopic (exact) mass is 325 g/mol. The summed E-state index contributed by atoms with van der Waals surface area (Å²) in [5, 5.41) is 0. The summed E-state index contributed by atoms with van der Waals surface area (Å²) >= 11 is 5.08. The molecule has 0 fully saturated rings. The van der Waals surface area contributed by atoms with Crippen molar-refractivity contribution in [3.63, 3.8) is 0 Å². The SMILES string of the molecule is Cc1ccc(N)cc1SCc1ccc(F)cc1Br. The Morgan fingerprint density at radius 3 is 2.72 bits per heavy atom. The van der Waals surface area contributed by atoms with Gasteiger partial charge in [0.2, 0.25) is 0 Å². The zero-order valence-corrected chi connectivity index (χ0v) is 12.3. The predicted octanol–water partition coefficient (Wildman–Crippen LogP) is 4.77. The van der Waals surface area contributed by atoms with Crippen molar-refractivity contribution in [1.29, 1.82) is 0 Å². The van der Waals surface area contributed by atoms with Crippen LogP contribution in [0.3, 0.4) is 0 Å². The van der Waals surface area contributed by atoms with E-state index >= 15 is 0 Å². The fraction of sp³-hybridized carbons (Fsp3) is 0.143. The topological polar surface area (TPSA) is 26.0 Å². The Hall–Kier alpha value is -1.00. The molecule has 0 unspecified atom stereocenters. The van der Waals surface area contributed by atoms with E-state index in [9.17, 15) is 4.39 Å². The first-order valence-electron chi connectivity index (χ1n) is 5.49. The van der Waals surface area contributed by atoms with Crippen LogP contribution in [0.1, 0.15) is 11.1 Å². The summed E-state index contributed by atoms with van der Waals surface area (Å²) in [6.07, 6.45) is 0. The molecule has 0 aliphatic carbocycles. The van der Waals surface area contributed by atoms with Gasteiger partial charge < -0.3 is 5.73 Å². The number of hydrogen-bond acceptors (Lipinski definition) is 2. The quantitative estimate of drug-likeness (QED) is 0.649. The Labute approximate surface area is 119 Å². The third-order valence-electron chi connectivity index (χ3n) is 2.61. The number of benzene rings is 2. The van der Waals surface area contributed by atoms with E-state index in [2.05, 4.69) is 22.9 Å². The highest BCUT2D eigenvalue weighted by Crippen LogP contribution is 2.30. The summed E-state index contributed by atoms with van der Waals surface area (Å²) in [6.45, 7) is 2.06. The first-order chi connectivity index (χ1) is 8.56. The molecule has 2 rings (SSSR count). The van der Waals surface area contributed by atoms with Crippen molar-refractivity contribution in [3.8, 4) is 0 Å². The second-order valence-corrected chi connectivity index (χ2v) is 5.92. The normalized spacial score (nSPS) is 10.6. The second-order valence-electron chi connectivity index (χ2n) is 4.05. The predicted molar refractivity (Wildman–Crippen MR) is 79.3 cm³/mol. The van der Waals surface area contributed by atoms with E-state index in [4.69, 9.17) is 5.73 Å². The van der Waals surface area contributed by atoms with Gasteiger partial charge in [0, 0.05) is 20.8 Å². The highest BCUT2D eigenvalue weighted by Gasteiger charge is 2.05. The van der Waals surface area contributed by atoms with Crippen molar-refractivity contribution in [1.82, 2.24) is 0 Å². The molecule has 2 aromatic rings. The Kier molecular flexibility index (Phi) is 4.30. The third-order valence-corrected chi connectivity index (χ3v) is 4.55. The van der Waals surface area contributed by atoms with Crippen molar-refractivity contribution in [2.45, 2.75) is 17.6 Å². The van der Waals surface area contributed by atoms with Gasteiger partial charge in [-0.25, -0.2) is 4.39 Å². The van der Waals surface area contributed by atoms with Crippen molar-refractivity contribution in [2.75, 3.05) is 5.73 Å². The van der Waals surface area contributed by atoms with Gasteiger partial charge in [0.05, 0.1) is 0 Å². The number of halogens is 2. The molecule has 0 atom stereocenters. The lowest BCUT2D eigenvalue weighted by Gasteiger charge is -2.08. The molecule has 4 heteroatoms. The van der Waals surface area contributed by atoms with Crippen LogP contribution in [0.15, 0.2) is 45.8 Å². The zero-order chi connectivity index (χ0) is 13.1. The number of anilines is 1. The molecule has 0 spiro atoms. The maximum Gasteiger partial charge on any atom is 0.124 e. The molecule has 0 bridgehead atoms. The molecule has 0 saturated heterocycles. The third kappa shape index (κ3) is 3.27. The highest BCUT2D eigenvalue weighted by molar-refractivity contribution is 9.10. The fourth-order valence-electron chi connectivity index (χ4n) is 1.57. The molecule has 2 aromatic carbocycles. The van der Waals surface area contributed by atoms with E-state index in [0.29, 0.717) is 0 Å². The van der Waals surface area contributed by atoms with Crippen LogP contribution >= 0.6 is 27.7 Å². The maximum absolute atomic E-state index is 13.0. The van der Waals surface area contributed by atoms with Gasteiger partial charge in [0.1, 0.15) is 5.82 Å². The van der Waals surface area contributed by atoms with E-state index in [1.807, 2.05) is 18.2 Å². The molecule has 1 nitrogen and oxygen atoms in total. The van der Waals surface area contributed by atoms with Crippen molar-refractivity contribution >= 4 is 33.4 Å². The van der Waals surface area contributed by atoms with Crippen LogP contribution < -0.4 is 5.73 Å². The summed E-state index contributed by atoms with van der Waals surface area (Å²) in [7, 11) is 0. The summed E-state index contributed by atoms with van der Waals surface area (Å²) < 4.78 is 13.8. The lowest BCUT2D eigenvalue weighted by Crippen LogP contribution is -1.89. The molecular formula is C14H13BrFNS. The summed E-state index contributed by atoms with van der Waals surface area (Å²) in [4.78, 5) is 1.16. The van der Waals surface area contributed by atoms with Crippen LogP contribution in [0.2, 0.25) is 0 Å². The Morgan fingerprint density at radius 2 is 2.00 bits per heavy atom. The van der Waals surface area contributed by atoms with Crippen molar-refractivity contribution in [2.24, 2.45) is 0 Å². The Morgan fingerprint density at radius 1 is 1.22 bits per heavy atom.